The van der Waals surface area contributed by atoms with E-state index in [0.29, 0.717) is 23.5 Å². The maximum atomic E-state index is 13.0. The molecule has 5 nitrogen and oxygen atoms in total. The highest BCUT2D eigenvalue weighted by molar-refractivity contribution is 7.89. The van der Waals surface area contributed by atoms with Crippen molar-refractivity contribution in [3.8, 4) is 0 Å². The first kappa shape index (κ1) is 17.5. The first-order chi connectivity index (χ1) is 12.1. The molecule has 1 aromatic carbocycles. The fourth-order valence-corrected chi connectivity index (χ4v) is 6.37. The maximum absolute atomic E-state index is 13.0. The van der Waals surface area contributed by atoms with E-state index in [1.165, 1.54) is 25.7 Å². The van der Waals surface area contributed by atoms with Gasteiger partial charge in [0.05, 0.1) is 4.90 Å². The van der Waals surface area contributed by atoms with E-state index in [4.69, 9.17) is 0 Å². The summed E-state index contributed by atoms with van der Waals surface area (Å²) in [6, 6.07) is 8.67. The number of benzene rings is 1. The smallest absolute Gasteiger partial charge is 0.243 e. The van der Waals surface area contributed by atoms with Gasteiger partial charge in [-0.1, -0.05) is 31.9 Å². The molecular weight excluding hydrogens is 334 g/mol. The molecule has 1 aromatic rings. The third-order valence-electron chi connectivity index (χ3n) is 6.19. The highest BCUT2D eigenvalue weighted by atomic mass is 32.2. The molecule has 2 heterocycles. The fourth-order valence-electron chi connectivity index (χ4n) is 4.70. The number of fused-ring (bicyclic) bond motifs is 2. The second-order valence-corrected chi connectivity index (χ2v) is 9.60. The molecule has 1 aliphatic carbocycles. The molecule has 0 aromatic heterocycles. The standard InChI is InChI=1S/C19H29N3O2S/c1-2-21-13-18-11-17(21)14-22(18)25(23,24)19-9-7-15(8-10-19)12-20-16-5-3-4-6-16/h7-10,16-18,20H,2-6,11-14H2,1H3/t17-,18+/m0/s1. The molecule has 138 valence electrons. The largest absolute Gasteiger partial charge is 0.310 e. The molecule has 0 amide bonds. The highest BCUT2D eigenvalue weighted by Gasteiger charge is 2.47. The van der Waals surface area contributed by atoms with Gasteiger partial charge in [-0.15, -0.1) is 0 Å². The molecule has 3 aliphatic rings. The van der Waals surface area contributed by atoms with Gasteiger partial charge in [0.15, 0.2) is 0 Å². The van der Waals surface area contributed by atoms with Crippen LogP contribution >= 0.6 is 0 Å². The minimum absolute atomic E-state index is 0.152. The predicted molar refractivity (Wildman–Crippen MR) is 98.9 cm³/mol. The van der Waals surface area contributed by atoms with Crippen molar-refractivity contribution in [2.24, 2.45) is 0 Å². The Kier molecular flexibility index (Phi) is 4.88. The average Bonchev–Trinajstić information content (AvgIpc) is 3.36. The Morgan fingerprint density at radius 1 is 1.08 bits per heavy atom. The first-order valence-electron chi connectivity index (χ1n) is 9.66. The van der Waals surface area contributed by atoms with Crippen LogP contribution in [0.25, 0.3) is 0 Å². The van der Waals surface area contributed by atoms with Crippen molar-refractivity contribution in [2.75, 3.05) is 19.6 Å². The number of hydrogen-bond acceptors (Lipinski definition) is 4. The quantitative estimate of drug-likeness (QED) is 0.842. The Labute approximate surface area is 151 Å². The molecule has 2 atom stereocenters. The third-order valence-corrected chi connectivity index (χ3v) is 8.12. The Morgan fingerprint density at radius 3 is 2.40 bits per heavy atom. The van der Waals surface area contributed by atoms with E-state index >= 15 is 0 Å². The van der Waals surface area contributed by atoms with Crippen molar-refractivity contribution in [3.05, 3.63) is 29.8 Å². The number of nitrogens with zero attached hydrogens (tertiary/aromatic N) is 2. The van der Waals surface area contributed by atoms with Crippen molar-refractivity contribution in [2.45, 2.75) is 68.6 Å². The van der Waals surface area contributed by atoms with Gasteiger partial charge >= 0.3 is 0 Å². The van der Waals surface area contributed by atoms with Crippen LogP contribution in [0.1, 0.15) is 44.6 Å². The van der Waals surface area contributed by atoms with Gasteiger partial charge in [0.2, 0.25) is 10.0 Å². The Bertz CT molecular complexity index is 698. The third kappa shape index (κ3) is 3.37. The summed E-state index contributed by atoms with van der Waals surface area (Å²) in [5, 5.41) is 3.58. The summed E-state index contributed by atoms with van der Waals surface area (Å²) in [5.41, 5.74) is 1.16. The van der Waals surface area contributed by atoms with Crippen LogP contribution in [0, 0.1) is 0 Å². The Hall–Kier alpha value is -0.950. The van der Waals surface area contributed by atoms with E-state index in [9.17, 15) is 8.42 Å². The number of likely N-dealkylation sites (tertiary alicyclic amines) is 1. The van der Waals surface area contributed by atoms with Gasteiger partial charge in [-0.05, 0) is 43.5 Å². The Balaban J connectivity index is 1.41. The lowest BCUT2D eigenvalue weighted by atomic mass is 10.2. The molecule has 0 unspecified atom stereocenters. The molecule has 0 radical (unpaired) electrons. The molecule has 0 spiro atoms. The predicted octanol–water partition coefficient (Wildman–Crippen LogP) is 2.19. The van der Waals surface area contributed by atoms with Crippen LogP contribution in [0.15, 0.2) is 29.2 Å². The van der Waals surface area contributed by atoms with Crippen molar-refractivity contribution in [3.63, 3.8) is 0 Å². The molecule has 4 rings (SSSR count). The molecule has 25 heavy (non-hydrogen) atoms. The summed E-state index contributed by atoms with van der Waals surface area (Å²) in [6.07, 6.45) is 6.15. The van der Waals surface area contributed by atoms with Gasteiger partial charge < -0.3 is 5.32 Å². The monoisotopic (exact) mass is 363 g/mol. The van der Waals surface area contributed by atoms with E-state index in [0.717, 1.165) is 31.6 Å². The van der Waals surface area contributed by atoms with Gasteiger partial charge in [0.25, 0.3) is 0 Å². The van der Waals surface area contributed by atoms with Crippen LogP contribution in [0.5, 0.6) is 0 Å². The SMILES string of the molecule is CCN1C[C@H]2C[C@H]1CN2S(=O)(=O)c1ccc(CNC2CCCC2)cc1. The summed E-state index contributed by atoms with van der Waals surface area (Å²) < 4.78 is 27.7. The van der Waals surface area contributed by atoms with E-state index in [-0.39, 0.29) is 6.04 Å². The molecule has 3 fully saturated rings. The van der Waals surface area contributed by atoms with Crippen LogP contribution in [0.2, 0.25) is 0 Å². The minimum Gasteiger partial charge on any atom is -0.310 e. The number of hydrogen-bond donors (Lipinski definition) is 1. The van der Waals surface area contributed by atoms with Crippen LogP contribution in [-0.2, 0) is 16.6 Å². The molecule has 2 bridgehead atoms. The zero-order chi connectivity index (χ0) is 17.4. The lowest BCUT2D eigenvalue weighted by Gasteiger charge is -2.32. The van der Waals surface area contributed by atoms with Crippen molar-refractivity contribution >= 4 is 10.0 Å². The highest BCUT2D eigenvalue weighted by Crippen LogP contribution is 2.34. The molecule has 2 aliphatic heterocycles. The lowest BCUT2D eigenvalue weighted by molar-refractivity contribution is 0.190. The molecule has 6 heteroatoms. The summed E-state index contributed by atoms with van der Waals surface area (Å²) in [5.74, 6) is 0. The lowest BCUT2D eigenvalue weighted by Crippen LogP contribution is -2.48. The van der Waals surface area contributed by atoms with Crippen molar-refractivity contribution in [1.82, 2.24) is 14.5 Å². The second-order valence-electron chi connectivity index (χ2n) is 7.71. The molecule has 1 N–H and O–H groups in total. The van der Waals surface area contributed by atoms with Gasteiger partial charge in [0, 0.05) is 37.8 Å². The summed E-state index contributed by atoms with van der Waals surface area (Å²) >= 11 is 0. The summed E-state index contributed by atoms with van der Waals surface area (Å²) in [7, 11) is -3.36. The zero-order valence-electron chi connectivity index (χ0n) is 15.0. The molecular formula is C19H29N3O2S. The molecule has 2 saturated heterocycles. The summed E-state index contributed by atoms with van der Waals surface area (Å²) in [6.45, 7) is 5.51. The van der Waals surface area contributed by atoms with E-state index in [1.807, 2.05) is 12.1 Å². The second kappa shape index (κ2) is 6.99. The summed E-state index contributed by atoms with van der Waals surface area (Å²) in [4.78, 5) is 2.83. The van der Waals surface area contributed by atoms with Crippen LogP contribution in [0.4, 0.5) is 0 Å². The van der Waals surface area contributed by atoms with Gasteiger partial charge in [-0.25, -0.2) is 8.42 Å². The maximum Gasteiger partial charge on any atom is 0.243 e. The van der Waals surface area contributed by atoms with Gasteiger partial charge in [-0.3, -0.25) is 4.90 Å². The fraction of sp³-hybridized carbons (Fsp3) is 0.684. The number of rotatable bonds is 6. The van der Waals surface area contributed by atoms with Gasteiger partial charge in [0.1, 0.15) is 0 Å². The topological polar surface area (TPSA) is 52.7 Å². The zero-order valence-corrected chi connectivity index (χ0v) is 15.8. The van der Waals surface area contributed by atoms with E-state index < -0.39 is 10.0 Å². The normalized spacial score (nSPS) is 28.2. The van der Waals surface area contributed by atoms with Crippen LogP contribution < -0.4 is 5.32 Å². The van der Waals surface area contributed by atoms with Crippen LogP contribution in [0.3, 0.4) is 0 Å². The number of likely N-dealkylation sites (N-methyl/N-ethyl adjacent to an activating group) is 1. The van der Waals surface area contributed by atoms with Crippen LogP contribution in [-0.4, -0.2) is 55.4 Å². The Morgan fingerprint density at radius 2 is 1.80 bits per heavy atom. The van der Waals surface area contributed by atoms with E-state index in [1.54, 1.807) is 16.4 Å². The number of piperazine rings is 1. The van der Waals surface area contributed by atoms with Gasteiger partial charge in [-0.2, -0.15) is 4.31 Å². The number of nitrogens with one attached hydrogen (secondary N) is 1. The molecule has 1 saturated carbocycles. The first-order valence-corrected chi connectivity index (χ1v) is 11.1. The van der Waals surface area contributed by atoms with Crippen molar-refractivity contribution < 1.29 is 8.42 Å². The van der Waals surface area contributed by atoms with E-state index in [2.05, 4.69) is 17.1 Å². The minimum atomic E-state index is -3.36. The number of sulfonamides is 1. The average molecular weight is 364 g/mol. The van der Waals surface area contributed by atoms with Crippen molar-refractivity contribution in [1.29, 1.82) is 0 Å².